The Kier molecular flexibility index (Phi) is 3.61. The monoisotopic (exact) mass is 206 g/mol. The molecule has 0 fully saturated rings. The first-order valence-corrected chi connectivity index (χ1v) is 4.83. The van der Waals surface area contributed by atoms with Crippen molar-refractivity contribution in [3.8, 4) is 0 Å². The Balaban J connectivity index is 2.95. The third-order valence-corrected chi connectivity index (χ3v) is 2.24. The van der Waals surface area contributed by atoms with Crippen LogP contribution in [0.5, 0.6) is 0 Å². The van der Waals surface area contributed by atoms with Gasteiger partial charge in [0.05, 0.1) is 5.56 Å². The number of benzene rings is 1. The first-order valence-electron chi connectivity index (χ1n) is 4.83. The molecule has 0 unspecified atom stereocenters. The largest absolute Gasteiger partial charge is 0.478 e. The molecule has 0 atom stereocenters. The number of carbonyl (C=O) groups is 2. The highest BCUT2D eigenvalue weighted by atomic mass is 16.4. The smallest absolute Gasteiger partial charge is 0.335 e. The summed E-state index contributed by atoms with van der Waals surface area (Å²) in [6.45, 7) is 3.36. The minimum atomic E-state index is -0.933. The highest BCUT2D eigenvalue weighted by Gasteiger charge is 2.10. The zero-order valence-electron chi connectivity index (χ0n) is 8.91. The maximum atomic E-state index is 10.9. The van der Waals surface area contributed by atoms with Gasteiger partial charge in [-0.2, -0.15) is 0 Å². The van der Waals surface area contributed by atoms with Gasteiger partial charge in [-0.15, -0.1) is 0 Å². The number of carboxylic acids is 1. The molecule has 3 heteroatoms. The summed E-state index contributed by atoms with van der Waals surface area (Å²) in [4.78, 5) is 21.8. The molecule has 0 amide bonds. The van der Waals surface area contributed by atoms with Gasteiger partial charge >= 0.3 is 5.97 Å². The fourth-order valence-electron chi connectivity index (χ4n) is 1.42. The molecule has 0 aromatic heterocycles. The summed E-state index contributed by atoms with van der Waals surface area (Å²) in [6.07, 6.45) is 0.889. The van der Waals surface area contributed by atoms with Gasteiger partial charge in [0.25, 0.3) is 0 Å². The van der Waals surface area contributed by atoms with E-state index in [1.807, 2.05) is 13.0 Å². The Bertz CT molecular complexity index is 394. The van der Waals surface area contributed by atoms with Gasteiger partial charge in [0, 0.05) is 6.42 Å². The maximum Gasteiger partial charge on any atom is 0.335 e. The molecule has 3 nitrogen and oxygen atoms in total. The SMILES string of the molecule is CC(=O)CCc1ccc(C)cc1C(=O)O. The second kappa shape index (κ2) is 4.73. The molecule has 0 spiro atoms. The predicted molar refractivity (Wildman–Crippen MR) is 57.1 cm³/mol. The second-order valence-corrected chi connectivity index (χ2v) is 3.67. The summed E-state index contributed by atoms with van der Waals surface area (Å²) >= 11 is 0. The molecular formula is C12H14O3. The number of hydrogen-bond donors (Lipinski definition) is 1. The lowest BCUT2D eigenvalue weighted by Gasteiger charge is -2.05. The summed E-state index contributed by atoms with van der Waals surface area (Å²) in [5, 5.41) is 8.97. The Labute approximate surface area is 88.7 Å². The Morgan fingerprint density at radius 2 is 2.00 bits per heavy atom. The van der Waals surface area contributed by atoms with E-state index in [2.05, 4.69) is 0 Å². The molecule has 15 heavy (non-hydrogen) atoms. The molecule has 1 rings (SSSR count). The van der Waals surface area contributed by atoms with Gasteiger partial charge in [-0.25, -0.2) is 4.79 Å². The van der Waals surface area contributed by atoms with Crippen molar-refractivity contribution in [2.75, 3.05) is 0 Å². The molecule has 0 aliphatic carbocycles. The Hall–Kier alpha value is -1.64. The molecule has 1 aromatic carbocycles. The number of aromatic carboxylic acids is 1. The molecule has 0 radical (unpaired) electrons. The van der Waals surface area contributed by atoms with E-state index >= 15 is 0 Å². The molecule has 0 heterocycles. The third kappa shape index (κ3) is 3.20. The fourth-order valence-corrected chi connectivity index (χ4v) is 1.42. The van der Waals surface area contributed by atoms with E-state index in [-0.39, 0.29) is 5.78 Å². The normalized spacial score (nSPS) is 10.0. The number of ketones is 1. The van der Waals surface area contributed by atoms with Gasteiger partial charge in [-0.05, 0) is 31.9 Å². The molecule has 0 bridgehead atoms. The Morgan fingerprint density at radius 3 is 2.53 bits per heavy atom. The summed E-state index contributed by atoms with van der Waals surface area (Å²) in [5.41, 5.74) is 1.94. The van der Waals surface area contributed by atoms with Crippen molar-refractivity contribution in [1.29, 1.82) is 0 Å². The third-order valence-electron chi connectivity index (χ3n) is 2.24. The molecule has 0 saturated carbocycles. The van der Waals surface area contributed by atoms with Crippen LogP contribution < -0.4 is 0 Å². The average Bonchev–Trinajstić information content (AvgIpc) is 2.15. The molecule has 0 aliphatic heterocycles. The van der Waals surface area contributed by atoms with E-state index in [0.29, 0.717) is 18.4 Å². The van der Waals surface area contributed by atoms with Gasteiger partial charge in [-0.1, -0.05) is 17.7 Å². The predicted octanol–water partition coefficient (Wildman–Crippen LogP) is 2.21. The highest BCUT2D eigenvalue weighted by molar-refractivity contribution is 5.89. The zero-order valence-corrected chi connectivity index (χ0v) is 8.91. The van der Waals surface area contributed by atoms with Crippen LogP contribution >= 0.6 is 0 Å². The van der Waals surface area contributed by atoms with E-state index in [9.17, 15) is 9.59 Å². The van der Waals surface area contributed by atoms with Crippen molar-refractivity contribution in [3.63, 3.8) is 0 Å². The van der Waals surface area contributed by atoms with Gasteiger partial charge < -0.3 is 9.90 Å². The minimum Gasteiger partial charge on any atom is -0.478 e. The van der Waals surface area contributed by atoms with Crippen LogP contribution in [0.15, 0.2) is 18.2 Å². The van der Waals surface area contributed by atoms with Crippen molar-refractivity contribution in [3.05, 3.63) is 34.9 Å². The van der Waals surface area contributed by atoms with Crippen LogP contribution in [0, 0.1) is 6.92 Å². The van der Waals surface area contributed by atoms with Crippen molar-refractivity contribution < 1.29 is 14.7 Å². The molecular weight excluding hydrogens is 192 g/mol. The molecule has 1 N–H and O–H groups in total. The number of hydrogen-bond acceptors (Lipinski definition) is 2. The number of carbonyl (C=O) groups excluding carboxylic acids is 1. The second-order valence-electron chi connectivity index (χ2n) is 3.67. The summed E-state index contributed by atoms with van der Waals surface area (Å²) in [7, 11) is 0. The minimum absolute atomic E-state index is 0.0758. The average molecular weight is 206 g/mol. The van der Waals surface area contributed by atoms with Gasteiger partial charge in [-0.3, -0.25) is 0 Å². The van der Waals surface area contributed by atoms with Crippen LogP contribution in [0.2, 0.25) is 0 Å². The van der Waals surface area contributed by atoms with E-state index in [1.165, 1.54) is 6.92 Å². The zero-order chi connectivity index (χ0) is 11.4. The standard InChI is InChI=1S/C12H14O3/c1-8-3-5-10(6-4-9(2)13)11(7-8)12(14)15/h3,5,7H,4,6H2,1-2H3,(H,14,15). The highest BCUT2D eigenvalue weighted by Crippen LogP contribution is 2.14. The fraction of sp³-hybridized carbons (Fsp3) is 0.333. The molecule has 1 aromatic rings. The van der Waals surface area contributed by atoms with Crippen LogP contribution in [0.1, 0.15) is 34.8 Å². The topological polar surface area (TPSA) is 54.4 Å². The van der Waals surface area contributed by atoms with Crippen LogP contribution in [-0.2, 0) is 11.2 Å². The summed E-state index contributed by atoms with van der Waals surface area (Å²) < 4.78 is 0. The molecule has 80 valence electrons. The number of aryl methyl sites for hydroxylation is 2. The number of carboxylic acid groups (broad SMARTS) is 1. The van der Waals surface area contributed by atoms with Crippen molar-refractivity contribution in [1.82, 2.24) is 0 Å². The summed E-state index contributed by atoms with van der Waals surface area (Å²) in [6, 6.07) is 5.28. The Morgan fingerprint density at radius 1 is 1.33 bits per heavy atom. The van der Waals surface area contributed by atoms with Gasteiger partial charge in [0.15, 0.2) is 0 Å². The lowest BCUT2D eigenvalue weighted by molar-refractivity contribution is -0.116. The first kappa shape index (κ1) is 11.4. The van der Waals surface area contributed by atoms with Crippen LogP contribution in [0.3, 0.4) is 0 Å². The maximum absolute atomic E-state index is 10.9. The molecule has 0 aliphatic rings. The van der Waals surface area contributed by atoms with E-state index in [4.69, 9.17) is 5.11 Å². The van der Waals surface area contributed by atoms with Crippen LogP contribution in [-0.4, -0.2) is 16.9 Å². The van der Waals surface area contributed by atoms with E-state index in [0.717, 1.165) is 11.1 Å². The van der Waals surface area contributed by atoms with Gasteiger partial charge in [0.2, 0.25) is 0 Å². The number of rotatable bonds is 4. The van der Waals surface area contributed by atoms with Crippen LogP contribution in [0.25, 0.3) is 0 Å². The summed E-state index contributed by atoms with van der Waals surface area (Å²) in [5.74, 6) is -0.857. The van der Waals surface area contributed by atoms with Crippen molar-refractivity contribution >= 4 is 11.8 Å². The lowest BCUT2D eigenvalue weighted by atomic mass is 10.00. The van der Waals surface area contributed by atoms with E-state index in [1.54, 1.807) is 12.1 Å². The van der Waals surface area contributed by atoms with Crippen molar-refractivity contribution in [2.45, 2.75) is 26.7 Å². The van der Waals surface area contributed by atoms with Crippen molar-refractivity contribution in [2.24, 2.45) is 0 Å². The van der Waals surface area contributed by atoms with Gasteiger partial charge in [0.1, 0.15) is 5.78 Å². The van der Waals surface area contributed by atoms with Crippen LogP contribution in [0.4, 0.5) is 0 Å². The quantitative estimate of drug-likeness (QED) is 0.821. The lowest BCUT2D eigenvalue weighted by Crippen LogP contribution is -2.04. The first-order chi connectivity index (χ1) is 7.00. The number of Topliss-reactive ketones (excluding diaryl/α,β-unsaturated/α-hetero) is 1. The molecule has 0 saturated heterocycles. The van der Waals surface area contributed by atoms with E-state index < -0.39 is 5.97 Å².